The van der Waals surface area contributed by atoms with E-state index in [4.69, 9.17) is 0 Å². The normalized spacial score (nSPS) is 11.6. The molecule has 0 aliphatic rings. The molecule has 0 fully saturated rings. The van der Waals surface area contributed by atoms with Crippen LogP contribution in [0.5, 0.6) is 0 Å². The van der Waals surface area contributed by atoms with Crippen molar-refractivity contribution in [3.63, 3.8) is 0 Å². The van der Waals surface area contributed by atoms with Gasteiger partial charge in [-0.15, -0.1) is 11.3 Å². The Kier molecular flexibility index (Phi) is 5.09. The fraction of sp³-hybridized carbons (Fsp3) is 0.562. The van der Waals surface area contributed by atoms with Crippen LogP contribution in [0.25, 0.3) is 0 Å². The fourth-order valence-electron chi connectivity index (χ4n) is 2.49. The summed E-state index contributed by atoms with van der Waals surface area (Å²) < 4.78 is 1.95. The predicted molar refractivity (Wildman–Crippen MR) is 92.6 cm³/mol. The lowest BCUT2D eigenvalue weighted by Crippen LogP contribution is -2.46. The molecule has 2 aromatic heterocycles. The van der Waals surface area contributed by atoms with Gasteiger partial charge in [0, 0.05) is 35.4 Å². The minimum atomic E-state index is -0.499. The van der Waals surface area contributed by atoms with Gasteiger partial charge in [-0.2, -0.15) is 5.10 Å². The van der Waals surface area contributed by atoms with E-state index < -0.39 is 5.54 Å². The smallest absolute Gasteiger partial charge is 0.315 e. The Morgan fingerprint density at radius 2 is 2.04 bits per heavy atom. The maximum atomic E-state index is 12.2. The van der Waals surface area contributed by atoms with Gasteiger partial charge < -0.3 is 10.6 Å². The van der Waals surface area contributed by atoms with E-state index >= 15 is 0 Å². The molecule has 0 aliphatic carbocycles. The zero-order valence-corrected chi connectivity index (χ0v) is 15.5. The second-order valence-corrected chi connectivity index (χ2v) is 7.41. The van der Waals surface area contributed by atoms with E-state index in [1.807, 2.05) is 45.5 Å². The Labute approximate surface area is 141 Å². The van der Waals surface area contributed by atoms with Crippen molar-refractivity contribution < 1.29 is 4.79 Å². The molecular weight excluding hydrogens is 310 g/mol. The third kappa shape index (κ3) is 3.90. The lowest BCUT2D eigenvalue weighted by Gasteiger charge is -2.24. The fourth-order valence-corrected chi connectivity index (χ4v) is 3.31. The van der Waals surface area contributed by atoms with Crippen LogP contribution in [0.4, 0.5) is 4.79 Å². The first-order chi connectivity index (χ1) is 10.7. The molecule has 126 valence electrons. The molecule has 0 atom stereocenters. The highest BCUT2D eigenvalue weighted by Crippen LogP contribution is 2.24. The molecular formula is C16H25N5OS. The van der Waals surface area contributed by atoms with Crippen LogP contribution < -0.4 is 10.6 Å². The molecule has 7 heteroatoms. The van der Waals surface area contributed by atoms with Crippen LogP contribution in [0.3, 0.4) is 0 Å². The molecule has 6 nitrogen and oxygen atoms in total. The van der Waals surface area contributed by atoms with Gasteiger partial charge in [0.25, 0.3) is 0 Å². The molecule has 2 rings (SSSR count). The molecule has 0 saturated heterocycles. The molecule has 2 heterocycles. The standard InChI is InChI=1S/C16H25N5OS/c1-7-21-12(4)13(11(3)20-21)9-18-15(22)19-16(5,6)14-17-8-10(2)23-14/h8H,7,9H2,1-6H3,(H2,18,19,22). The summed E-state index contributed by atoms with van der Waals surface area (Å²) in [5.74, 6) is 0. The third-order valence-electron chi connectivity index (χ3n) is 3.84. The molecule has 0 aromatic carbocycles. The lowest BCUT2D eigenvalue weighted by atomic mass is 10.1. The average molecular weight is 335 g/mol. The SMILES string of the molecule is CCn1nc(C)c(CNC(=O)NC(C)(C)c2ncc(C)s2)c1C. The van der Waals surface area contributed by atoms with Crippen molar-refractivity contribution in [3.8, 4) is 0 Å². The van der Waals surface area contributed by atoms with Gasteiger partial charge in [-0.1, -0.05) is 0 Å². The maximum Gasteiger partial charge on any atom is 0.315 e. The summed E-state index contributed by atoms with van der Waals surface area (Å²) in [6.07, 6.45) is 1.83. The number of thiazole rings is 1. The van der Waals surface area contributed by atoms with Crippen LogP contribution in [0.2, 0.25) is 0 Å². The molecule has 2 N–H and O–H groups in total. The molecule has 0 radical (unpaired) electrons. The van der Waals surface area contributed by atoms with Gasteiger partial charge in [-0.05, 0) is 41.5 Å². The van der Waals surface area contributed by atoms with E-state index in [1.165, 1.54) is 0 Å². The number of nitrogens with one attached hydrogen (secondary N) is 2. The minimum absolute atomic E-state index is 0.203. The Bertz CT molecular complexity index is 701. The largest absolute Gasteiger partial charge is 0.334 e. The lowest BCUT2D eigenvalue weighted by molar-refractivity contribution is 0.229. The average Bonchev–Trinajstić information content (AvgIpc) is 3.01. The molecule has 2 aromatic rings. The summed E-state index contributed by atoms with van der Waals surface area (Å²) in [6, 6.07) is -0.203. The Morgan fingerprint density at radius 3 is 2.57 bits per heavy atom. The Morgan fingerprint density at radius 1 is 1.35 bits per heavy atom. The number of carbonyl (C=O) groups is 1. The molecule has 0 unspecified atom stereocenters. The van der Waals surface area contributed by atoms with Crippen molar-refractivity contribution in [1.82, 2.24) is 25.4 Å². The van der Waals surface area contributed by atoms with Crippen LogP contribution in [0.15, 0.2) is 6.20 Å². The number of amides is 2. The van der Waals surface area contributed by atoms with Gasteiger partial charge in [-0.3, -0.25) is 4.68 Å². The van der Waals surface area contributed by atoms with Gasteiger partial charge in [0.05, 0.1) is 11.2 Å². The number of hydrogen-bond donors (Lipinski definition) is 2. The molecule has 0 aliphatic heterocycles. The zero-order valence-electron chi connectivity index (χ0n) is 14.6. The van der Waals surface area contributed by atoms with Gasteiger partial charge >= 0.3 is 6.03 Å². The Balaban J connectivity index is 1.99. The molecule has 0 spiro atoms. The van der Waals surface area contributed by atoms with Crippen molar-refractivity contribution in [2.24, 2.45) is 0 Å². The highest BCUT2D eigenvalue weighted by atomic mass is 32.1. The van der Waals surface area contributed by atoms with Gasteiger partial charge in [0.2, 0.25) is 0 Å². The number of hydrogen-bond acceptors (Lipinski definition) is 4. The summed E-state index contributed by atoms with van der Waals surface area (Å²) in [4.78, 5) is 17.7. The molecule has 2 amide bonds. The van der Waals surface area contributed by atoms with Crippen LogP contribution in [0, 0.1) is 20.8 Å². The van der Waals surface area contributed by atoms with Crippen molar-refractivity contribution in [2.45, 2.75) is 60.2 Å². The summed E-state index contributed by atoms with van der Waals surface area (Å²) in [5.41, 5.74) is 2.63. The first kappa shape index (κ1) is 17.5. The summed E-state index contributed by atoms with van der Waals surface area (Å²) in [6.45, 7) is 13.3. The predicted octanol–water partition coefficient (Wildman–Crippen LogP) is 3.02. The topological polar surface area (TPSA) is 71.8 Å². The zero-order chi connectivity index (χ0) is 17.2. The van der Waals surface area contributed by atoms with Gasteiger partial charge in [0.15, 0.2) is 0 Å². The highest BCUT2D eigenvalue weighted by Gasteiger charge is 2.26. The number of rotatable bonds is 5. The van der Waals surface area contributed by atoms with E-state index in [-0.39, 0.29) is 6.03 Å². The first-order valence-electron chi connectivity index (χ1n) is 7.76. The van der Waals surface area contributed by atoms with E-state index in [2.05, 4.69) is 27.6 Å². The Hall–Kier alpha value is -1.89. The number of aryl methyl sites for hydroxylation is 3. The van der Waals surface area contributed by atoms with Crippen LogP contribution >= 0.6 is 11.3 Å². The van der Waals surface area contributed by atoms with E-state index in [1.54, 1.807) is 11.3 Å². The van der Waals surface area contributed by atoms with E-state index in [9.17, 15) is 4.79 Å². The number of urea groups is 1. The van der Waals surface area contributed by atoms with Crippen molar-refractivity contribution >= 4 is 17.4 Å². The van der Waals surface area contributed by atoms with Gasteiger partial charge in [0.1, 0.15) is 5.01 Å². The molecule has 0 saturated carbocycles. The number of carbonyl (C=O) groups excluding carboxylic acids is 1. The monoisotopic (exact) mass is 335 g/mol. The molecule has 0 bridgehead atoms. The van der Waals surface area contributed by atoms with Crippen molar-refractivity contribution in [3.05, 3.63) is 33.0 Å². The van der Waals surface area contributed by atoms with Crippen molar-refractivity contribution in [2.75, 3.05) is 0 Å². The summed E-state index contributed by atoms with van der Waals surface area (Å²) in [7, 11) is 0. The molecule has 23 heavy (non-hydrogen) atoms. The second-order valence-electron chi connectivity index (χ2n) is 6.17. The number of aromatic nitrogens is 3. The van der Waals surface area contributed by atoms with Crippen LogP contribution in [-0.4, -0.2) is 20.8 Å². The highest BCUT2D eigenvalue weighted by molar-refractivity contribution is 7.11. The third-order valence-corrected chi connectivity index (χ3v) is 5.08. The second kappa shape index (κ2) is 6.70. The van der Waals surface area contributed by atoms with E-state index in [0.717, 1.165) is 33.4 Å². The maximum absolute atomic E-state index is 12.2. The quantitative estimate of drug-likeness (QED) is 0.882. The number of nitrogens with zero attached hydrogens (tertiary/aromatic N) is 3. The van der Waals surface area contributed by atoms with Crippen LogP contribution in [-0.2, 0) is 18.6 Å². The minimum Gasteiger partial charge on any atom is -0.334 e. The van der Waals surface area contributed by atoms with Crippen molar-refractivity contribution in [1.29, 1.82) is 0 Å². The van der Waals surface area contributed by atoms with E-state index in [0.29, 0.717) is 6.54 Å². The van der Waals surface area contributed by atoms with Crippen LogP contribution in [0.1, 0.15) is 47.6 Å². The summed E-state index contributed by atoms with van der Waals surface area (Å²) in [5, 5.41) is 11.3. The summed E-state index contributed by atoms with van der Waals surface area (Å²) >= 11 is 1.60. The first-order valence-corrected chi connectivity index (χ1v) is 8.58. The van der Waals surface area contributed by atoms with Gasteiger partial charge in [-0.25, -0.2) is 9.78 Å².